The Bertz CT molecular complexity index is 1090. The Labute approximate surface area is 151 Å². The molecule has 1 radical (unpaired) electrons. The van der Waals surface area contributed by atoms with E-state index in [1.54, 1.807) is 10.8 Å². The number of rotatable bonds is 4. The molecule has 0 N–H and O–H groups in total. The minimum Gasteiger partial charge on any atom is -0.444 e. The fourth-order valence-electron chi connectivity index (χ4n) is 3.16. The van der Waals surface area contributed by atoms with Gasteiger partial charge in [-0.05, 0) is 29.0 Å². The third-order valence-corrected chi connectivity index (χ3v) is 4.34. The minimum absolute atomic E-state index is 0.0162. The van der Waals surface area contributed by atoms with Gasteiger partial charge in [-0.2, -0.15) is 0 Å². The topological polar surface area (TPSA) is 48.0 Å². The number of fused-ring (bicyclic) bond motifs is 1. The van der Waals surface area contributed by atoms with Gasteiger partial charge >= 0.3 is 0 Å². The van der Waals surface area contributed by atoms with Gasteiger partial charge in [-0.1, -0.05) is 50.2 Å². The molecule has 0 aliphatic carbocycles. The second-order valence-corrected chi connectivity index (χ2v) is 6.79. The van der Waals surface area contributed by atoms with E-state index in [-0.39, 0.29) is 5.56 Å². The van der Waals surface area contributed by atoms with Gasteiger partial charge in [-0.15, -0.1) is 0 Å². The number of nitrogens with zero attached hydrogens (tertiary/aromatic N) is 2. The Morgan fingerprint density at radius 1 is 1.08 bits per heavy atom. The number of aromatic nitrogens is 2. The Morgan fingerprint density at radius 2 is 1.88 bits per heavy atom. The second kappa shape index (κ2) is 6.64. The van der Waals surface area contributed by atoms with Crippen LogP contribution in [0.1, 0.15) is 13.8 Å². The van der Waals surface area contributed by atoms with Crippen molar-refractivity contribution in [3.8, 4) is 22.5 Å². The van der Waals surface area contributed by atoms with Crippen LogP contribution in [0, 0.1) is 12.1 Å². The van der Waals surface area contributed by atoms with E-state index >= 15 is 0 Å². The van der Waals surface area contributed by atoms with Crippen LogP contribution in [0.2, 0.25) is 0 Å². The van der Waals surface area contributed by atoms with E-state index < -0.39 is 0 Å². The molecule has 26 heavy (non-hydrogen) atoms. The van der Waals surface area contributed by atoms with E-state index in [0.29, 0.717) is 23.6 Å². The minimum atomic E-state index is -0.0162. The van der Waals surface area contributed by atoms with Crippen molar-refractivity contribution in [2.45, 2.75) is 20.4 Å². The fourth-order valence-corrected chi connectivity index (χ4v) is 3.16. The standard InChI is InChI=1S/C22H19N2O2/c1-15(2)12-24-13-20(16-6-4-3-5-7-16)19-10-17(21-11-23-14-26-21)8-9-18(19)22(24)25/h3-11,14-15H,12H2,1-2H3. The third kappa shape index (κ3) is 2.94. The number of oxazole rings is 1. The summed E-state index contributed by atoms with van der Waals surface area (Å²) in [5, 5.41) is 1.56. The molecule has 0 aliphatic rings. The Balaban J connectivity index is 2.02. The van der Waals surface area contributed by atoms with Crippen LogP contribution in [0.15, 0.2) is 70.3 Å². The predicted octanol–water partition coefficient (Wildman–Crippen LogP) is 4.78. The highest BCUT2D eigenvalue weighted by Crippen LogP contribution is 2.30. The van der Waals surface area contributed by atoms with Crippen molar-refractivity contribution in [1.29, 1.82) is 0 Å². The molecule has 4 nitrogen and oxygen atoms in total. The molecule has 4 heteroatoms. The molecule has 0 atom stereocenters. The van der Waals surface area contributed by atoms with Crippen molar-refractivity contribution in [3.63, 3.8) is 0 Å². The zero-order valence-corrected chi connectivity index (χ0v) is 14.8. The highest BCUT2D eigenvalue weighted by atomic mass is 16.3. The molecule has 2 aromatic carbocycles. The average Bonchev–Trinajstić information content (AvgIpc) is 3.19. The first-order valence-electron chi connectivity index (χ1n) is 8.67. The van der Waals surface area contributed by atoms with Gasteiger partial charge in [0.1, 0.15) is 0 Å². The molecule has 2 heterocycles. The van der Waals surface area contributed by atoms with Crippen molar-refractivity contribution in [2.24, 2.45) is 5.92 Å². The molecule has 0 fully saturated rings. The van der Waals surface area contributed by atoms with Gasteiger partial charge < -0.3 is 8.98 Å². The van der Waals surface area contributed by atoms with Gasteiger partial charge in [0.25, 0.3) is 5.56 Å². The fraction of sp³-hybridized carbons (Fsp3) is 0.182. The Hall–Kier alpha value is -3.14. The summed E-state index contributed by atoms with van der Waals surface area (Å²) >= 11 is 0. The summed E-state index contributed by atoms with van der Waals surface area (Å²) < 4.78 is 7.11. The van der Waals surface area contributed by atoms with Crippen LogP contribution in [-0.2, 0) is 6.54 Å². The summed E-state index contributed by atoms with van der Waals surface area (Å²) in [6.45, 7) is 4.83. The maximum atomic E-state index is 12.9. The molecular formula is C22H19N2O2. The van der Waals surface area contributed by atoms with E-state index in [4.69, 9.17) is 4.42 Å². The van der Waals surface area contributed by atoms with Gasteiger partial charge in [0, 0.05) is 23.1 Å². The zero-order valence-electron chi connectivity index (χ0n) is 14.8. The van der Waals surface area contributed by atoms with Crippen LogP contribution < -0.4 is 5.56 Å². The van der Waals surface area contributed by atoms with Crippen LogP contribution in [0.3, 0.4) is 0 Å². The van der Waals surface area contributed by atoms with Crippen LogP contribution >= 0.6 is 0 Å². The van der Waals surface area contributed by atoms with Crippen molar-refractivity contribution >= 4 is 10.8 Å². The van der Waals surface area contributed by atoms with Crippen molar-refractivity contribution in [1.82, 2.24) is 9.55 Å². The smallest absolute Gasteiger partial charge is 0.258 e. The molecule has 4 aromatic rings. The van der Waals surface area contributed by atoms with Crippen molar-refractivity contribution < 1.29 is 4.42 Å². The lowest BCUT2D eigenvalue weighted by Crippen LogP contribution is -2.23. The van der Waals surface area contributed by atoms with Gasteiger partial charge in [0.15, 0.2) is 12.2 Å². The summed E-state index contributed by atoms with van der Waals surface area (Å²) in [4.78, 5) is 16.9. The lowest BCUT2D eigenvalue weighted by molar-refractivity contribution is 0.511. The molecule has 2 aromatic heterocycles. The van der Waals surface area contributed by atoms with Crippen LogP contribution in [-0.4, -0.2) is 9.55 Å². The highest BCUT2D eigenvalue weighted by molar-refractivity contribution is 5.97. The van der Waals surface area contributed by atoms with Crippen molar-refractivity contribution in [3.05, 3.63) is 77.7 Å². The Kier molecular flexibility index (Phi) is 4.17. The third-order valence-electron chi connectivity index (χ3n) is 4.34. The van der Waals surface area contributed by atoms with Gasteiger partial charge in [-0.25, -0.2) is 4.98 Å². The normalized spacial score (nSPS) is 11.3. The first-order valence-corrected chi connectivity index (χ1v) is 8.67. The lowest BCUT2D eigenvalue weighted by atomic mass is 9.98. The largest absolute Gasteiger partial charge is 0.444 e. The van der Waals surface area contributed by atoms with Crippen LogP contribution in [0.25, 0.3) is 33.2 Å². The Morgan fingerprint density at radius 3 is 2.58 bits per heavy atom. The number of pyridine rings is 1. The van der Waals surface area contributed by atoms with E-state index in [0.717, 1.165) is 22.1 Å². The molecule has 0 amide bonds. The monoisotopic (exact) mass is 343 g/mol. The maximum Gasteiger partial charge on any atom is 0.258 e. The van der Waals surface area contributed by atoms with Crippen LogP contribution in [0.5, 0.6) is 0 Å². The van der Waals surface area contributed by atoms with Crippen LogP contribution in [0.4, 0.5) is 0 Å². The van der Waals surface area contributed by atoms with Gasteiger partial charge in [0.2, 0.25) is 0 Å². The highest BCUT2D eigenvalue weighted by Gasteiger charge is 2.14. The first kappa shape index (κ1) is 16.3. The zero-order chi connectivity index (χ0) is 18.1. The molecule has 0 bridgehead atoms. The summed E-state index contributed by atoms with van der Waals surface area (Å²) in [5.41, 5.74) is 2.83. The molecule has 0 aliphatic heterocycles. The maximum absolute atomic E-state index is 12.9. The lowest BCUT2D eigenvalue weighted by Gasteiger charge is -2.14. The second-order valence-electron chi connectivity index (χ2n) is 6.79. The molecule has 0 unspecified atom stereocenters. The summed E-state index contributed by atoms with van der Waals surface area (Å²) in [5.74, 6) is 1.04. The number of hydrogen-bond donors (Lipinski definition) is 0. The van der Waals surface area contributed by atoms with E-state index in [1.165, 1.54) is 6.39 Å². The molecule has 4 rings (SSSR count). The summed E-state index contributed by atoms with van der Waals surface area (Å²) in [6, 6.07) is 15.8. The number of benzene rings is 2. The van der Waals surface area contributed by atoms with Crippen molar-refractivity contribution in [2.75, 3.05) is 0 Å². The first-order chi connectivity index (χ1) is 12.6. The van der Waals surface area contributed by atoms with Gasteiger partial charge in [0.05, 0.1) is 12.4 Å². The average molecular weight is 343 g/mol. The molecule has 0 saturated heterocycles. The molecule has 0 saturated carbocycles. The van der Waals surface area contributed by atoms with E-state index in [2.05, 4.69) is 25.0 Å². The molecule has 129 valence electrons. The molecular weight excluding hydrogens is 324 g/mol. The van der Waals surface area contributed by atoms with E-state index in [9.17, 15) is 4.79 Å². The summed E-state index contributed by atoms with van der Waals surface area (Å²) in [6.07, 6.45) is 6.41. The predicted molar refractivity (Wildman–Crippen MR) is 103 cm³/mol. The number of hydrogen-bond acceptors (Lipinski definition) is 3. The van der Waals surface area contributed by atoms with E-state index in [1.807, 2.05) is 48.5 Å². The quantitative estimate of drug-likeness (QED) is 0.536. The van der Waals surface area contributed by atoms with Gasteiger partial charge in [-0.3, -0.25) is 4.79 Å². The SMILES string of the molecule is CC(C)Cn1[c]c(-c2ccccc2)c2cc(-c3cnco3)ccc2c1=O. The molecule has 0 spiro atoms. The summed E-state index contributed by atoms with van der Waals surface area (Å²) in [7, 11) is 0.